The fraction of sp³-hybridized carbons (Fsp3) is 0.550. The number of benzene rings is 1. The van der Waals surface area contributed by atoms with Gasteiger partial charge in [-0.1, -0.05) is 12.1 Å². The number of hydrogen-bond acceptors (Lipinski definition) is 5. The molecule has 146 valence electrons. The average molecular weight is 389 g/mol. The largest absolute Gasteiger partial charge is 0.333 e. The van der Waals surface area contributed by atoms with Crippen LogP contribution in [0.2, 0.25) is 0 Å². The van der Waals surface area contributed by atoms with Crippen molar-refractivity contribution in [1.29, 1.82) is 0 Å². The zero-order chi connectivity index (χ0) is 19.6. The number of imide groups is 1. The number of thiazole rings is 1. The lowest BCUT2D eigenvalue weighted by Crippen LogP contribution is -2.54. The molecule has 0 radical (unpaired) electrons. The first-order valence-electron chi connectivity index (χ1n) is 9.45. The Labute approximate surface area is 164 Å². The number of aromatic nitrogens is 1. The van der Waals surface area contributed by atoms with Gasteiger partial charge in [0.2, 0.25) is 5.91 Å². The van der Waals surface area contributed by atoms with E-state index < -0.39 is 6.03 Å². The molecule has 1 fully saturated rings. The molecule has 27 heavy (non-hydrogen) atoms. The molecular formula is C20H28N4O2S. The normalized spacial score (nSPS) is 17.6. The van der Waals surface area contributed by atoms with E-state index >= 15 is 0 Å². The van der Waals surface area contributed by atoms with Crippen molar-refractivity contribution in [2.24, 2.45) is 0 Å². The second-order valence-corrected chi connectivity index (χ2v) is 9.26. The summed E-state index contributed by atoms with van der Waals surface area (Å²) in [5.41, 5.74) is 0.695. The lowest BCUT2D eigenvalue weighted by atomic mass is 9.96. The third-order valence-corrected chi connectivity index (χ3v) is 6.04. The van der Waals surface area contributed by atoms with Gasteiger partial charge in [-0.25, -0.2) is 9.78 Å². The Balaban J connectivity index is 1.53. The van der Waals surface area contributed by atoms with Gasteiger partial charge in [0.15, 0.2) is 0 Å². The van der Waals surface area contributed by atoms with Gasteiger partial charge in [-0.3, -0.25) is 15.0 Å². The van der Waals surface area contributed by atoms with Crippen molar-refractivity contribution in [2.75, 3.05) is 13.1 Å². The number of nitrogens with one attached hydrogen (secondary N) is 2. The zero-order valence-corrected chi connectivity index (χ0v) is 17.2. The summed E-state index contributed by atoms with van der Waals surface area (Å²) in [5.74, 6) is 0.188. The van der Waals surface area contributed by atoms with Crippen LogP contribution in [0.3, 0.4) is 0 Å². The molecule has 7 heteroatoms. The Hall–Kier alpha value is -1.99. The van der Waals surface area contributed by atoms with E-state index in [0.29, 0.717) is 5.92 Å². The monoisotopic (exact) mass is 388 g/mol. The van der Waals surface area contributed by atoms with Crippen LogP contribution in [0.1, 0.15) is 51.5 Å². The Bertz CT molecular complexity index is 786. The third-order valence-electron chi connectivity index (χ3n) is 4.84. The van der Waals surface area contributed by atoms with E-state index in [4.69, 9.17) is 4.98 Å². The number of likely N-dealkylation sites (tertiary alicyclic amines) is 1. The summed E-state index contributed by atoms with van der Waals surface area (Å²) >= 11 is 1.77. The van der Waals surface area contributed by atoms with Crippen molar-refractivity contribution in [3.63, 3.8) is 0 Å². The number of urea groups is 1. The van der Waals surface area contributed by atoms with Crippen molar-refractivity contribution in [1.82, 2.24) is 20.5 Å². The van der Waals surface area contributed by atoms with Crippen molar-refractivity contribution in [2.45, 2.75) is 58.0 Å². The van der Waals surface area contributed by atoms with Crippen LogP contribution in [0.25, 0.3) is 10.2 Å². The Morgan fingerprint density at radius 1 is 1.22 bits per heavy atom. The first kappa shape index (κ1) is 19.8. The summed E-state index contributed by atoms with van der Waals surface area (Å²) in [6.45, 7) is 9.16. The van der Waals surface area contributed by atoms with Crippen molar-refractivity contribution in [3.05, 3.63) is 29.3 Å². The smallest absolute Gasteiger partial charge is 0.321 e. The fourth-order valence-electron chi connectivity index (χ4n) is 3.35. The summed E-state index contributed by atoms with van der Waals surface area (Å²) in [7, 11) is 0. The van der Waals surface area contributed by atoms with Gasteiger partial charge in [0, 0.05) is 11.5 Å². The summed E-state index contributed by atoms with van der Waals surface area (Å²) < 4.78 is 1.23. The minimum Gasteiger partial charge on any atom is -0.333 e. The number of fused-ring (bicyclic) bond motifs is 1. The minimum absolute atomic E-state index is 0.254. The summed E-state index contributed by atoms with van der Waals surface area (Å²) in [6.07, 6.45) is 1.96. The lowest BCUT2D eigenvalue weighted by Gasteiger charge is -2.34. The molecule has 0 bridgehead atoms. The number of nitrogens with zero attached hydrogens (tertiary/aromatic N) is 2. The molecule has 0 spiro atoms. The molecule has 6 nitrogen and oxygen atoms in total. The highest BCUT2D eigenvalue weighted by molar-refractivity contribution is 7.18. The summed E-state index contributed by atoms with van der Waals surface area (Å²) in [6, 6.07) is 7.46. The minimum atomic E-state index is -0.441. The number of piperidine rings is 1. The number of hydrogen-bond donors (Lipinski definition) is 2. The maximum Gasteiger partial charge on any atom is 0.321 e. The van der Waals surface area contributed by atoms with Crippen LogP contribution in [0.15, 0.2) is 24.3 Å². The number of para-hydroxylation sites is 1. The van der Waals surface area contributed by atoms with Crippen LogP contribution < -0.4 is 10.6 Å². The molecule has 1 aliphatic rings. The molecule has 1 aromatic heterocycles. The standard InChI is InChI=1S/C20H28N4O2S/c1-13(17(25)22-19(26)23-20(2,3)4)24-11-9-14(10-12-24)18-21-15-7-5-6-8-16(15)27-18/h5-8,13-14H,9-12H2,1-4H3,(H2,22,23,25,26). The maximum absolute atomic E-state index is 12.4. The molecular weight excluding hydrogens is 360 g/mol. The fourth-order valence-corrected chi connectivity index (χ4v) is 4.49. The number of rotatable bonds is 3. The predicted molar refractivity (Wildman–Crippen MR) is 109 cm³/mol. The van der Waals surface area contributed by atoms with E-state index in [0.717, 1.165) is 31.4 Å². The molecule has 1 aliphatic heterocycles. The van der Waals surface area contributed by atoms with Gasteiger partial charge < -0.3 is 5.32 Å². The van der Waals surface area contributed by atoms with Gasteiger partial charge in [0.05, 0.1) is 21.3 Å². The molecule has 1 unspecified atom stereocenters. The Kier molecular flexibility index (Phi) is 5.81. The number of carbonyl (C=O) groups excluding carboxylic acids is 2. The second-order valence-electron chi connectivity index (χ2n) is 8.20. The number of carbonyl (C=O) groups is 2. The van der Waals surface area contributed by atoms with Crippen LogP contribution >= 0.6 is 11.3 Å². The van der Waals surface area contributed by atoms with E-state index in [2.05, 4.69) is 27.7 Å². The van der Waals surface area contributed by atoms with E-state index in [-0.39, 0.29) is 17.5 Å². The number of amides is 3. The van der Waals surface area contributed by atoms with Gasteiger partial charge >= 0.3 is 6.03 Å². The summed E-state index contributed by atoms with van der Waals surface area (Å²) in [5, 5.41) is 6.40. The zero-order valence-electron chi connectivity index (χ0n) is 16.4. The van der Waals surface area contributed by atoms with Crippen LogP contribution in [-0.2, 0) is 4.79 Å². The molecule has 2 N–H and O–H groups in total. The Morgan fingerprint density at radius 2 is 1.89 bits per heavy atom. The molecule has 0 saturated carbocycles. The van der Waals surface area contributed by atoms with E-state index in [1.54, 1.807) is 11.3 Å². The summed E-state index contributed by atoms with van der Waals surface area (Å²) in [4.78, 5) is 31.2. The van der Waals surface area contributed by atoms with Crippen LogP contribution in [-0.4, -0.2) is 46.5 Å². The molecule has 0 aliphatic carbocycles. The van der Waals surface area contributed by atoms with Crippen molar-refractivity contribution in [3.8, 4) is 0 Å². The first-order chi connectivity index (χ1) is 12.7. The van der Waals surface area contributed by atoms with Gasteiger partial charge in [0.25, 0.3) is 0 Å². The highest BCUT2D eigenvalue weighted by Crippen LogP contribution is 2.34. The van der Waals surface area contributed by atoms with Gasteiger partial charge in [-0.15, -0.1) is 11.3 Å². The van der Waals surface area contributed by atoms with Crippen molar-refractivity contribution >= 4 is 33.5 Å². The molecule has 3 rings (SSSR count). The van der Waals surface area contributed by atoms with Gasteiger partial charge in [-0.05, 0) is 65.8 Å². The molecule has 1 aromatic carbocycles. The van der Waals surface area contributed by atoms with Gasteiger partial charge in [0.1, 0.15) is 0 Å². The second kappa shape index (κ2) is 7.94. The molecule has 1 atom stereocenters. The van der Waals surface area contributed by atoms with Crippen molar-refractivity contribution < 1.29 is 9.59 Å². The molecule has 2 aromatic rings. The van der Waals surface area contributed by atoms with E-state index in [1.165, 1.54) is 9.71 Å². The maximum atomic E-state index is 12.4. The highest BCUT2D eigenvalue weighted by atomic mass is 32.1. The van der Waals surface area contributed by atoms with Crippen LogP contribution in [0, 0.1) is 0 Å². The highest BCUT2D eigenvalue weighted by Gasteiger charge is 2.29. The third kappa shape index (κ3) is 5.05. The van der Waals surface area contributed by atoms with E-state index in [1.807, 2.05) is 39.8 Å². The quantitative estimate of drug-likeness (QED) is 0.844. The van der Waals surface area contributed by atoms with Crippen LogP contribution in [0.5, 0.6) is 0 Å². The average Bonchev–Trinajstić information content (AvgIpc) is 3.03. The SMILES string of the molecule is CC(C(=O)NC(=O)NC(C)(C)C)N1CCC(c2nc3ccccc3s2)CC1. The molecule has 3 amide bonds. The molecule has 1 saturated heterocycles. The lowest BCUT2D eigenvalue weighted by molar-refractivity contribution is -0.125. The Morgan fingerprint density at radius 3 is 2.52 bits per heavy atom. The van der Waals surface area contributed by atoms with E-state index in [9.17, 15) is 9.59 Å². The predicted octanol–water partition coefficient (Wildman–Crippen LogP) is 3.49. The van der Waals surface area contributed by atoms with Gasteiger partial charge in [-0.2, -0.15) is 0 Å². The van der Waals surface area contributed by atoms with Crippen LogP contribution in [0.4, 0.5) is 4.79 Å². The first-order valence-corrected chi connectivity index (χ1v) is 10.3. The topological polar surface area (TPSA) is 74.3 Å². The molecule has 2 heterocycles.